The molecule has 0 aromatic heterocycles. The van der Waals surface area contributed by atoms with Crippen LogP contribution in [-0.2, 0) is 4.74 Å². The van der Waals surface area contributed by atoms with E-state index in [1.54, 1.807) is 0 Å². The Kier molecular flexibility index (Phi) is 27.6. The molecule has 60 valence electrons. The molecule has 0 saturated heterocycles. The van der Waals surface area contributed by atoms with E-state index in [-0.39, 0.29) is 22.6 Å². The Morgan fingerprint density at radius 2 is 1.22 bits per heavy atom. The van der Waals surface area contributed by atoms with Gasteiger partial charge in [0.15, 0.2) is 0 Å². The van der Waals surface area contributed by atoms with Gasteiger partial charge in [0.05, 0.1) is 26.4 Å². The van der Waals surface area contributed by atoms with Crippen LogP contribution in [0, 0.1) is 0 Å². The molecule has 9 heavy (non-hydrogen) atoms. The molecular formula is C4H12F2O3. The van der Waals surface area contributed by atoms with E-state index in [0.717, 1.165) is 0 Å². The number of hydrogen-bond donors (Lipinski definition) is 2. The molecule has 0 aromatic carbocycles. The van der Waals surface area contributed by atoms with Crippen LogP contribution < -0.4 is 0 Å². The van der Waals surface area contributed by atoms with Crippen LogP contribution >= 0.6 is 0 Å². The minimum atomic E-state index is 0. The van der Waals surface area contributed by atoms with Gasteiger partial charge in [-0.2, -0.15) is 0 Å². The van der Waals surface area contributed by atoms with E-state index in [1.807, 2.05) is 0 Å². The molecule has 0 amide bonds. The average molecular weight is 146 g/mol. The Labute approximate surface area is 52.0 Å². The van der Waals surface area contributed by atoms with E-state index in [2.05, 4.69) is 4.74 Å². The zero-order valence-electron chi connectivity index (χ0n) is 4.95. The lowest BCUT2D eigenvalue weighted by Crippen LogP contribution is -2.03. The van der Waals surface area contributed by atoms with Crippen molar-refractivity contribution in [3.63, 3.8) is 0 Å². The van der Waals surface area contributed by atoms with Gasteiger partial charge >= 0.3 is 0 Å². The molecule has 3 nitrogen and oxygen atoms in total. The van der Waals surface area contributed by atoms with E-state index in [0.29, 0.717) is 13.2 Å². The van der Waals surface area contributed by atoms with Crippen molar-refractivity contribution in [1.29, 1.82) is 0 Å². The van der Waals surface area contributed by atoms with Gasteiger partial charge in [-0.1, -0.05) is 0 Å². The highest BCUT2D eigenvalue weighted by atomic mass is 19.0. The molecule has 0 bridgehead atoms. The van der Waals surface area contributed by atoms with E-state index < -0.39 is 0 Å². The fraction of sp³-hybridized carbons (Fsp3) is 1.00. The third-order valence-electron chi connectivity index (χ3n) is 0.471. The SMILES string of the molecule is F.F.OCCOCCO. The maximum Gasteiger partial charge on any atom is 0.0698 e. The summed E-state index contributed by atoms with van der Waals surface area (Å²) in [6.07, 6.45) is 0. The maximum absolute atomic E-state index is 8.09. The molecule has 0 aliphatic rings. The Morgan fingerprint density at radius 1 is 0.889 bits per heavy atom. The zero-order chi connectivity index (χ0) is 5.54. The second-order valence-electron chi connectivity index (χ2n) is 1.06. The van der Waals surface area contributed by atoms with E-state index >= 15 is 0 Å². The summed E-state index contributed by atoms with van der Waals surface area (Å²) >= 11 is 0. The predicted molar refractivity (Wildman–Crippen MR) is 30.0 cm³/mol. The van der Waals surface area contributed by atoms with Gasteiger partial charge in [-0.15, -0.1) is 0 Å². The van der Waals surface area contributed by atoms with Gasteiger partial charge < -0.3 is 14.9 Å². The average Bonchev–Trinajstić information content (AvgIpc) is 1.69. The third kappa shape index (κ3) is 18.2. The molecule has 0 rings (SSSR count). The number of rotatable bonds is 4. The van der Waals surface area contributed by atoms with Gasteiger partial charge in [-0.25, -0.2) is 0 Å². The fourth-order valence-corrected chi connectivity index (χ4v) is 0.231. The van der Waals surface area contributed by atoms with Crippen LogP contribution in [0.4, 0.5) is 9.41 Å². The maximum atomic E-state index is 8.09. The van der Waals surface area contributed by atoms with Crippen LogP contribution in [0.1, 0.15) is 0 Å². The summed E-state index contributed by atoms with van der Waals surface area (Å²) in [4.78, 5) is 0. The van der Waals surface area contributed by atoms with Gasteiger partial charge in [0.25, 0.3) is 0 Å². The van der Waals surface area contributed by atoms with Crippen molar-refractivity contribution >= 4 is 0 Å². The van der Waals surface area contributed by atoms with Gasteiger partial charge in [0, 0.05) is 0 Å². The lowest BCUT2D eigenvalue weighted by Gasteiger charge is -1.94. The third-order valence-corrected chi connectivity index (χ3v) is 0.471. The summed E-state index contributed by atoms with van der Waals surface area (Å²) in [5.74, 6) is 0. The highest BCUT2D eigenvalue weighted by Gasteiger charge is 1.79. The first-order chi connectivity index (χ1) is 3.41. The Morgan fingerprint density at radius 3 is 1.44 bits per heavy atom. The largest absolute Gasteiger partial charge is 0.394 e. The standard InChI is InChI=1S/C4H10O3.2FH/c5-1-3-7-4-2-6;;/h5-6H,1-4H2;2*1H. The quantitative estimate of drug-likeness (QED) is 0.515. The number of hydrogen-bond acceptors (Lipinski definition) is 3. The molecule has 0 aliphatic carbocycles. The molecule has 5 heteroatoms. The minimum absolute atomic E-state index is 0. The van der Waals surface area contributed by atoms with Crippen molar-refractivity contribution in [2.24, 2.45) is 0 Å². The Bertz CT molecular complexity index is 33.0. The van der Waals surface area contributed by atoms with Crippen molar-refractivity contribution in [2.45, 2.75) is 0 Å². The number of halogens is 2. The molecule has 0 atom stereocenters. The highest BCUT2D eigenvalue weighted by molar-refractivity contribution is 4.24. The lowest BCUT2D eigenvalue weighted by molar-refractivity contribution is 0.0650. The van der Waals surface area contributed by atoms with Crippen molar-refractivity contribution < 1.29 is 24.4 Å². The van der Waals surface area contributed by atoms with Crippen LogP contribution in [0.3, 0.4) is 0 Å². The number of aliphatic hydroxyl groups is 2. The molecule has 0 fully saturated rings. The van der Waals surface area contributed by atoms with Crippen LogP contribution in [0.2, 0.25) is 0 Å². The Hall–Kier alpha value is -0.260. The molecule has 0 radical (unpaired) electrons. The molecule has 0 spiro atoms. The van der Waals surface area contributed by atoms with Crippen LogP contribution in [-0.4, -0.2) is 36.6 Å². The monoisotopic (exact) mass is 146 g/mol. The van der Waals surface area contributed by atoms with Crippen molar-refractivity contribution in [3.8, 4) is 0 Å². The molecular weight excluding hydrogens is 134 g/mol. The molecule has 0 aliphatic heterocycles. The summed E-state index contributed by atoms with van der Waals surface area (Å²) in [5.41, 5.74) is 0. The van der Waals surface area contributed by atoms with E-state index in [4.69, 9.17) is 10.2 Å². The fourth-order valence-electron chi connectivity index (χ4n) is 0.231. The van der Waals surface area contributed by atoms with Crippen molar-refractivity contribution in [3.05, 3.63) is 0 Å². The predicted octanol–water partition coefficient (Wildman–Crippen LogP) is -0.707. The summed E-state index contributed by atoms with van der Waals surface area (Å²) in [5, 5.41) is 16.2. The first kappa shape index (κ1) is 15.9. The first-order valence-corrected chi connectivity index (χ1v) is 2.21. The summed E-state index contributed by atoms with van der Waals surface area (Å²) in [7, 11) is 0. The van der Waals surface area contributed by atoms with E-state index in [1.165, 1.54) is 0 Å². The smallest absolute Gasteiger partial charge is 0.0698 e. The van der Waals surface area contributed by atoms with Gasteiger partial charge in [-0.05, 0) is 0 Å². The summed E-state index contributed by atoms with van der Waals surface area (Å²) < 4.78 is 4.63. The summed E-state index contributed by atoms with van der Waals surface area (Å²) in [6.45, 7) is 0.696. The molecule has 0 saturated carbocycles. The van der Waals surface area contributed by atoms with Gasteiger partial charge in [-0.3, -0.25) is 9.41 Å². The highest BCUT2D eigenvalue weighted by Crippen LogP contribution is 1.68. The number of ether oxygens (including phenoxy) is 1. The normalized spacial score (nSPS) is 7.33. The van der Waals surface area contributed by atoms with Crippen molar-refractivity contribution in [2.75, 3.05) is 26.4 Å². The topological polar surface area (TPSA) is 49.7 Å². The van der Waals surface area contributed by atoms with Crippen LogP contribution in [0.15, 0.2) is 0 Å². The molecule has 2 N–H and O–H groups in total. The second-order valence-corrected chi connectivity index (χ2v) is 1.06. The van der Waals surface area contributed by atoms with E-state index in [9.17, 15) is 0 Å². The zero-order valence-corrected chi connectivity index (χ0v) is 4.95. The van der Waals surface area contributed by atoms with Crippen LogP contribution in [0.25, 0.3) is 0 Å². The van der Waals surface area contributed by atoms with Crippen LogP contribution in [0.5, 0.6) is 0 Å². The molecule has 0 aromatic rings. The van der Waals surface area contributed by atoms with Crippen molar-refractivity contribution in [1.82, 2.24) is 0 Å². The Balaban J connectivity index is -0.000000180. The van der Waals surface area contributed by atoms with Gasteiger partial charge in [0.1, 0.15) is 0 Å². The number of aliphatic hydroxyl groups excluding tert-OH is 2. The minimum Gasteiger partial charge on any atom is -0.394 e. The molecule has 0 unspecified atom stereocenters. The molecule has 0 heterocycles. The first-order valence-electron chi connectivity index (χ1n) is 2.21. The lowest BCUT2D eigenvalue weighted by atomic mass is 10.7. The van der Waals surface area contributed by atoms with Gasteiger partial charge in [0.2, 0.25) is 0 Å². The second kappa shape index (κ2) is 15.6. The summed E-state index contributed by atoms with van der Waals surface area (Å²) in [6, 6.07) is 0.